The normalized spacial score (nSPS) is 14.4. The highest BCUT2D eigenvalue weighted by molar-refractivity contribution is 6.02. The molecule has 1 heterocycles. The van der Waals surface area contributed by atoms with Gasteiger partial charge in [0.25, 0.3) is 11.6 Å². The summed E-state index contributed by atoms with van der Waals surface area (Å²) < 4.78 is 29.9. The zero-order valence-electron chi connectivity index (χ0n) is 13.1. The van der Waals surface area contributed by atoms with Gasteiger partial charge in [0.05, 0.1) is 10.6 Å². The minimum absolute atomic E-state index is 0.0497. The Bertz CT molecular complexity index is 756. The van der Waals surface area contributed by atoms with Crippen molar-refractivity contribution in [1.29, 1.82) is 0 Å². The number of nitro benzene ring substituents is 1. The van der Waals surface area contributed by atoms with Gasteiger partial charge >= 0.3 is 5.97 Å². The fraction of sp³-hybridized carbons (Fsp3) is 0.357. The molecule has 0 bridgehead atoms. The van der Waals surface area contributed by atoms with Crippen molar-refractivity contribution >= 4 is 29.2 Å². The second-order valence-corrected chi connectivity index (χ2v) is 5.26. The van der Waals surface area contributed by atoms with Crippen molar-refractivity contribution in [3.8, 4) is 5.75 Å². The number of hydrogen-bond donors (Lipinski definition) is 2. The SMILES string of the molecule is O=C(CN1C(=O)COc2ccc([N+](=O)[O-])cc21)NC(CC(F)F)C(=O)O. The van der Waals surface area contributed by atoms with Crippen molar-refractivity contribution in [2.45, 2.75) is 18.9 Å². The van der Waals surface area contributed by atoms with E-state index in [0.717, 1.165) is 17.0 Å². The maximum absolute atomic E-state index is 12.4. The van der Waals surface area contributed by atoms with E-state index in [4.69, 9.17) is 9.84 Å². The van der Waals surface area contributed by atoms with Crippen LogP contribution in [0.3, 0.4) is 0 Å². The first-order valence-corrected chi connectivity index (χ1v) is 7.21. The van der Waals surface area contributed by atoms with E-state index < -0.39 is 54.7 Å². The summed E-state index contributed by atoms with van der Waals surface area (Å²) in [6.07, 6.45) is -4.05. The summed E-state index contributed by atoms with van der Waals surface area (Å²) in [6.45, 7) is -1.14. The van der Waals surface area contributed by atoms with Gasteiger partial charge in [0.2, 0.25) is 12.3 Å². The van der Waals surface area contributed by atoms with Crippen LogP contribution >= 0.6 is 0 Å². The Morgan fingerprint density at radius 3 is 2.69 bits per heavy atom. The van der Waals surface area contributed by atoms with Gasteiger partial charge in [-0.25, -0.2) is 13.6 Å². The lowest BCUT2D eigenvalue weighted by molar-refractivity contribution is -0.384. The Kier molecular flexibility index (Phi) is 5.64. The third-order valence-electron chi connectivity index (χ3n) is 3.45. The van der Waals surface area contributed by atoms with E-state index in [-0.39, 0.29) is 17.1 Å². The lowest BCUT2D eigenvalue weighted by atomic mass is 10.2. The number of carbonyl (C=O) groups is 3. The Balaban J connectivity index is 2.19. The molecule has 1 aromatic carbocycles. The molecule has 26 heavy (non-hydrogen) atoms. The molecule has 1 unspecified atom stereocenters. The fourth-order valence-corrected chi connectivity index (χ4v) is 2.26. The van der Waals surface area contributed by atoms with E-state index in [1.807, 2.05) is 5.32 Å². The van der Waals surface area contributed by atoms with E-state index >= 15 is 0 Å². The molecule has 0 radical (unpaired) electrons. The molecule has 0 fully saturated rings. The molecular formula is C14H13F2N3O7. The molecule has 2 N–H and O–H groups in total. The predicted octanol–water partition coefficient (Wildman–Crippen LogP) is 0.545. The first-order valence-electron chi connectivity index (χ1n) is 7.21. The third kappa shape index (κ3) is 4.40. The number of hydrogen-bond acceptors (Lipinski definition) is 6. The zero-order chi connectivity index (χ0) is 19.4. The van der Waals surface area contributed by atoms with Crippen molar-refractivity contribution in [2.24, 2.45) is 0 Å². The average Bonchev–Trinajstić information content (AvgIpc) is 2.55. The molecule has 1 aromatic rings. The van der Waals surface area contributed by atoms with Crippen LogP contribution in [0.5, 0.6) is 5.75 Å². The lowest BCUT2D eigenvalue weighted by Gasteiger charge is -2.29. The van der Waals surface area contributed by atoms with E-state index in [1.54, 1.807) is 0 Å². The minimum Gasteiger partial charge on any atom is -0.482 e. The maximum atomic E-state index is 12.4. The highest BCUT2D eigenvalue weighted by atomic mass is 19.3. The number of amides is 2. The van der Waals surface area contributed by atoms with Gasteiger partial charge < -0.3 is 15.2 Å². The Hall–Kier alpha value is -3.31. The molecule has 0 saturated carbocycles. The van der Waals surface area contributed by atoms with Crippen LogP contribution in [-0.2, 0) is 14.4 Å². The number of ether oxygens (including phenoxy) is 1. The van der Waals surface area contributed by atoms with Gasteiger partial charge in [-0.2, -0.15) is 0 Å². The first kappa shape index (κ1) is 19.0. The minimum atomic E-state index is -2.95. The van der Waals surface area contributed by atoms with E-state index in [0.29, 0.717) is 0 Å². The maximum Gasteiger partial charge on any atom is 0.326 e. The quantitative estimate of drug-likeness (QED) is 0.525. The van der Waals surface area contributed by atoms with Crippen molar-refractivity contribution in [1.82, 2.24) is 5.32 Å². The Morgan fingerprint density at radius 2 is 2.12 bits per heavy atom. The molecular weight excluding hydrogens is 360 g/mol. The number of carboxylic acids is 1. The second-order valence-electron chi connectivity index (χ2n) is 5.26. The number of fused-ring (bicyclic) bond motifs is 1. The lowest BCUT2D eigenvalue weighted by Crippen LogP contribution is -2.49. The topological polar surface area (TPSA) is 139 Å². The first-order chi connectivity index (χ1) is 12.2. The largest absolute Gasteiger partial charge is 0.482 e. The van der Waals surface area contributed by atoms with Gasteiger partial charge in [0.1, 0.15) is 18.3 Å². The van der Waals surface area contributed by atoms with Crippen molar-refractivity contribution in [3.63, 3.8) is 0 Å². The molecule has 2 amide bonds. The van der Waals surface area contributed by atoms with Gasteiger partial charge in [-0.15, -0.1) is 0 Å². The summed E-state index contributed by atoms with van der Waals surface area (Å²) in [5.41, 5.74) is -0.403. The number of nitrogens with one attached hydrogen (secondary N) is 1. The molecule has 2 rings (SSSR count). The summed E-state index contributed by atoms with van der Waals surface area (Å²) >= 11 is 0. The van der Waals surface area contributed by atoms with Crippen LogP contribution in [0.4, 0.5) is 20.2 Å². The monoisotopic (exact) mass is 373 g/mol. The number of carboxylic acid groups (broad SMARTS) is 1. The number of nitrogens with zero attached hydrogens (tertiary/aromatic N) is 2. The standard InChI is InChI=1S/C14H13F2N3O7/c15-11(16)4-8(14(22)23)17-12(20)5-18-9-3-7(19(24)25)1-2-10(9)26-6-13(18)21/h1-3,8,11H,4-6H2,(H,17,20)(H,22,23). The number of benzene rings is 1. The molecule has 1 aliphatic rings. The molecule has 140 valence electrons. The highest BCUT2D eigenvalue weighted by Crippen LogP contribution is 2.35. The number of rotatable bonds is 7. The summed E-state index contributed by atoms with van der Waals surface area (Å²) in [5.74, 6) is -3.24. The Morgan fingerprint density at radius 1 is 1.42 bits per heavy atom. The van der Waals surface area contributed by atoms with Crippen molar-refractivity contribution < 1.29 is 37.9 Å². The van der Waals surface area contributed by atoms with Crippen LogP contribution < -0.4 is 15.0 Å². The summed E-state index contributed by atoms with van der Waals surface area (Å²) in [4.78, 5) is 45.9. The average molecular weight is 373 g/mol. The van der Waals surface area contributed by atoms with Crippen molar-refractivity contribution in [3.05, 3.63) is 28.3 Å². The summed E-state index contributed by atoms with van der Waals surface area (Å²) in [6, 6.07) is 1.59. The summed E-state index contributed by atoms with van der Waals surface area (Å²) in [7, 11) is 0. The number of alkyl halides is 2. The second kappa shape index (κ2) is 7.72. The van der Waals surface area contributed by atoms with Crippen molar-refractivity contribution in [2.75, 3.05) is 18.1 Å². The number of carbonyl (C=O) groups excluding carboxylic acids is 2. The number of nitro groups is 1. The molecule has 0 aromatic heterocycles. The third-order valence-corrected chi connectivity index (χ3v) is 3.45. The number of non-ortho nitro benzene ring substituents is 1. The molecule has 1 atom stereocenters. The molecule has 1 aliphatic heterocycles. The molecule has 0 saturated heterocycles. The van der Waals surface area contributed by atoms with Crippen LogP contribution in [0.15, 0.2) is 18.2 Å². The van der Waals surface area contributed by atoms with E-state index in [2.05, 4.69) is 0 Å². The van der Waals surface area contributed by atoms with Gasteiger partial charge in [0.15, 0.2) is 6.61 Å². The molecule has 0 aliphatic carbocycles. The smallest absolute Gasteiger partial charge is 0.326 e. The van der Waals surface area contributed by atoms with Gasteiger partial charge in [0, 0.05) is 18.6 Å². The van der Waals surface area contributed by atoms with Crippen LogP contribution in [0.25, 0.3) is 0 Å². The van der Waals surface area contributed by atoms with Crippen LogP contribution in [-0.4, -0.2) is 53.4 Å². The van der Waals surface area contributed by atoms with Gasteiger partial charge in [-0.05, 0) is 6.07 Å². The molecule has 0 spiro atoms. The fourth-order valence-electron chi connectivity index (χ4n) is 2.26. The zero-order valence-corrected chi connectivity index (χ0v) is 13.1. The van der Waals surface area contributed by atoms with Crippen LogP contribution in [0, 0.1) is 10.1 Å². The van der Waals surface area contributed by atoms with E-state index in [1.165, 1.54) is 6.07 Å². The highest BCUT2D eigenvalue weighted by Gasteiger charge is 2.31. The van der Waals surface area contributed by atoms with E-state index in [9.17, 15) is 33.3 Å². The van der Waals surface area contributed by atoms with Crippen LogP contribution in [0.2, 0.25) is 0 Å². The number of halogens is 2. The van der Waals surface area contributed by atoms with Gasteiger partial charge in [-0.1, -0.05) is 0 Å². The number of anilines is 1. The molecule has 10 nitrogen and oxygen atoms in total. The summed E-state index contributed by atoms with van der Waals surface area (Å²) in [5, 5.41) is 21.6. The molecule has 12 heteroatoms. The Labute approximate surface area is 144 Å². The van der Waals surface area contributed by atoms with Gasteiger partial charge in [-0.3, -0.25) is 24.6 Å². The van der Waals surface area contributed by atoms with Crippen LogP contribution in [0.1, 0.15) is 6.42 Å². The number of aliphatic carboxylic acids is 1. The predicted molar refractivity (Wildman–Crippen MR) is 81.1 cm³/mol.